The molecule has 25 heavy (non-hydrogen) atoms. The highest BCUT2D eigenvalue weighted by atomic mass is 16.5. The van der Waals surface area contributed by atoms with Gasteiger partial charge >= 0.3 is 0 Å². The Balaban J connectivity index is 2.17. The molecule has 130 valence electrons. The summed E-state index contributed by atoms with van der Waals surface area (Å²) in [7, 11) is 1.73. The van der Waals surface area contributed by atoms with Crippen LogP contribution in [-0.4, -0.2) is 13.0 Å². The average Bonchev–Trinajstić information content (AvgIpc) is 2.89. The number of benzene rings is 2. The SMILES string of the molecule is COc1c(C(C)C)cc(/C=C2/C(=O)Nc3ccccc32)cc1C(C)C. The van der Waals surface area contributed by atoms with Crippen molar-refractivity contribution in [3.05, 3.63) is 58.7 Å². The lowest BCUT2D eigenvalue weighted by molar-refractivity contribution is -0.110. The summed E-state index contributed by atoms with van der Waals surface area (Å²) in [5, 5.41) is 2.93. The van der Waals surface area contributed by atoms with Crippen LogP contribution >= 0.6 is 0 Å². The molecule has 3 heteroatoms. The number of carbonyl (C=O) groups excluding carboxylic acids is 1. The van der Waals surface area contributed by atoms with E-state index in [-0.39, 0.29) is 5.91 Å². The topological polar surface area (TPSA) is 38.3 Å². The zero-order valence-corrected chi connectivity index (χ0v) is 15.5. The summed E-state index contributed by atoms with van der Waals surface area (Å²) in [6, 6.07) is 12.1. The van der Waals surface area contributed by atoms with E-state index in [0.717, 1.165) is 22.6 Å². The van der Waals surface area contributed by atoms with Gasteiger partial charge in [0.1, 0.15) is 5.75 Å². The minimum atomic E-state index is -0.0470. The molecule has 3 rings (SSSR count). The van der Waals surface area contributed by atoms with E-state index < -0.39 is 0 Å². The lowest BCUT2D eigenvalue weighted by Crippen LogP contribution is -2.04. The van der Waals surface area contributed by atoms with Crippen LogP contribution < -0.4 is 10.1 Å². The predicted octanol–water partition coefficient (Wildman–Crippen LogP) is 5.43. The number of ether oxygens (including phenoxy) is 1. The Kier molecular flexibility index (Phi) is 4.67. The van der Waals surface area contributed by atoms with Crippen molar-refractivity contribution in [3.63, 3.8) is 0 Å². The first-order valence-electron chi connectivity index (χ1n) is 8.76. The summed E-state index contributed by atoms with van der Waals surface area (Å²) in [6.45, 7) is 8.65. The second-order valence-corrected chi connectivity index (χ2v) is 7.10. The van der Waals surface area contributed by atoms with Crippen LogP contribution in [0.3, 0.4) is 0 Å². The van der Waals surface area contributed by atoms with Gasteiger partial charge in [-0.05, 0) is 52.8 Å². The number of hydrogen-bond donors (Lipinski definition) is 1. The van der Waals surface area contributed by atoms with E-state index in [9.17, 15) is 4.79 Å². The van der Waals surface area contributed by atoms with Gasteiger partial charge in [-0.25, -0.2) is 0 Å². The first kappa shape index (κ1) is 17.3. The lowest BCUT2D eigenvalue weighted by Gasteiger charge is -2.19. The van der Waals surface area contributed by atoms with E-state index in [0.29, 0.717) is 17.4 Å². The first-order chi connectivity index (χ1) is 11.9. The normalized spacial score (nSPS) is 15.0. The van der Waals surface area contributed by atoms with Crippen molar-refractivity contribution in [1.29, 1.82) is 0 Å². The molecular formula is C22H25NO2. The highest BCUT2D eigenvalue weighted by Crippen LogP contribution is 2.38. The number of fused-ring (bicyclic) bond motifs is 1. The van der Waals surface area contributed by atoms with Gasteiger partial charge in [-0.2, -0.15) is 0 Å². The molecule has 0 aromatic heterocycles. The molecule has 1 N–H and O–H groups in total. The Morgan fingerprint density at radius 1 is 1.00 bits per heavy atom. The van der Waals surface area contributed by atoms with E-state index in [1.807, 2.05) is 30.3 Å². The van der Waals surface area contributed by atoms with E-state index in [1.54, 1.807) is 7.11 Å². The monoisotopic (exact) mass is 335 g/mol. The minimum Gasteiger partial charge on any atom is -0.496 e. The first-order valence-corrected chi connectivity index (χ1v) is 8.76. The number of anilines is 1. The highest BCUT2D eigenvalue weighted by Gasteiger charge is 2.24. The van der Waals surface area contributed by atoms with Crippen LogP contribution in [0.2, 0.25) is 0 Å². The average molecular weight is 335 g/mol. The highest BCUT2D eigenvalue weighted by molar-refractivity contribution is 6.34. The van der Waals surface area contributed by atoms with Crippen molar-refractivity contribution >= 4 is 23.2 Å². The Bertz CT molecular complexity index is 818. The number of methoxy groups -OCH3 is 1. The summed E-state index contributed by atoms with van der Waals surface area (Å²) >= 11 is 0. The maximum Gasteiger partial charge on any atom is 0.256 e. The summed E-state index contributed by atoms with van der Waals surface area (Å²) in [6.07, 6.45) is 1.98. The third-order valence-corrected chi connectivity index (χ3v) is 4.64. The maximum absolute atomic E-state index is 12.4. The van der Waals surface area contributed by atoms with E-state index in [2.05, 4.69) is 45.1 Å². The van der Waals surface area contributed by atoms with Crippen molar-refractivity contribution in [2.75, 3.05) is 12.4 Å². The molecule has 0 bridgehead atoms. The fourth-order valence-corrected chi connectivity index (χ4v) is 3.32. The number of carbonyl (C=O) groups is 1. The smallest absolute Gasteiger partial charge is 0.256 e. The van der Waals surface area contributed by atoms with Crippen LogP contribution in [0.4, 0.5) is 5.69 Å². The van der Waals surface area contributed by atoms with Crippen LogP contribution in [0, 0.1) is 0 Å². The van der Waals surface area contributed by atoms with Crippen molar-refractivity contribution < 1.29 is 9.53 Å². The maximum atomic E-state index is 12.4. The van der Waals surface area contributed by atoms with Gasteiger partial charge in [0, 0.05) is 16.8 Å². The third kappa shape index (κ3) is 3.19. The zero-order valence-electron chi connectivity index (χ0n) is 15.5. The summed E-state index contributed by atoms with van der Waals surface area (Å²) in [5.41, 5.74) is 5.93. The van der Waals surface area contributed by atoms with Gasteiger partial charge in [0.15, 0.2) is 0 Å². The standard InChI is InChI=1S/C22H25NO2/c1-13(2)17-10-15(11-18(14(3)4)21(17)25-5)12-19-16-8-6-7-9-20(16)23-22(19)24/h6-14H,1-5H3,(H,23,24)/b19-12+. The summed E-state index contributed by atoms with van der Waals surface area (Å²) in [5.74, 6) is 1.60. The number of rotatable bonds is 4. The second-order valence-electron chi connectivity index (χ2n) is 7.10. The van der Waals surface area contributed by atoms with E-state index in [1.165, 1.54) is 11.1 Å². The van der Waals surface area contributed by atoms with Crippen LogP contribution in [0.25, 0.3) is 11.6 Å². The molecule has 0 aliphatic carbocycles. The van der Waals surface area contributed by atoms with Gasteiger partial charge in [0.2, 0.25) is 0 Å². The van der Waals surface area contributed by atoms with Gasteiger partial charge in [0.25, 0.3) is 5.91 Å². The van der Waals surface area contributed by atoms with Gasteiger partial charge in [0.05, 0.1) is 7.11 Å². The van der Waals surface area contributed by atoms with Crippen LogP contribution in [0.5, 0.6) is 5.75 Å². The molecule has 0 atom stereocenters. The Morgan fingerprint density at radius 3 is 2.16 bits per heavy atom. The molecule has 0 saturated heterocycles. The molecule has 1 aliphatic heterocycles. The molecule has 0 radical (unpaired) electrons. The van der Waals surface area contributed by atoms with Gasteiger partial charge in [-0.3, -0.25) is 4.79 Å². The fraction of sp³-hybridized carbons (Fsp3) is 0.318. The quantitative estimate of drug-likeness (QED) is 0.756. The predicted molar refractivity (Wildman–Crippen MR) is 104 cm³/mol. The molecule has 0 spiro atoms. The molecule has 0 saturated carbocycles. The largest absolute Gasteiger partial charge is 0.496 e. The van der Waals surface area contributed by atoms with Crippen molar-refractivity contribution in [1.82, 2.24) is 0 Å². The molecule has 2 aromatic rings. The molecule has 1 amide bonds. The third-order valence-electron chi connectivity index (χ3n) is 4.64. The molecule has 1 heterocycles. The number of amides is 1. The molecular weight excluding hydrogens is 310 g/mol. The summed E-state index contributed by atoms with van der Waals surface area (Å²) in [4.78, 5) is 12.4. The van der Waals surface area contributed by atoms with Gasteiger partial charge < -0.3 is 10.1 Å². The molecule has 1 aliphatic rings. The number of para-hydroxylation sites is 1. The Labute approximate surface area is 149 Å². The molecule has 0 unspecified atom stereocenters. The van der Waals surface area contributed by atoms with Gasteiger partial charge in [-0.15, -0.1) is 0 Å². The van der Waals surface area contributed by atoms with Crippen LogP contribution in [0.1, 0.15) is 61.8 Å². The second kappa shape index (κ2) is 6.75. The van der Waals surface area contributed by atoms with Crippen molar-refractivity contribution in [2.24, 2.45) is 0 Å². The number of nitrogens with one attached hydrogen (secondary N) is 1. The molecule has 3 nitrogen and oxygen atoms in total. The Hall–Kier alpha value is -2.55. The van der Waals surface area contributed by atoms with E-state index >= 15 is 0 Å². The van der Waals surface area contributed by atoms with Gasteiger partial charge in [-0.1, -0.05) is 45.9 Å². The Morgan fingerprint density at radius 2 is 1.60 bits per heavy atom. The zero-order chi connectivity index (χ0) is 18.1. The fourth-order valence-electron chi connectivity index (χ4n) is 3.32. The molecule has 0 fully saturated rings. The van der Waals surface area contributed by atoms with Crippen LogP contribution in [0.15, 0.2) is 36.4 Å². The molecule has 2 aromatic carbocycles. The summed E-state index contributed by atoms with van der Waals surface area (Å²) < 4.78 is 5.70. The van der Waals surface area contributed by atoms with Crippen molar-refractivity contribution in [2.45, 2.75) is 39.5 Å². The van der Waals surface area contributed by atoms with E-state index in [4.69, 9.17) is 4.74 Å². The minimum absolute atomic E-state index is 0.0470. The lowest BCUT2D eigenvalue weighted by atomic mass is 9.90. The number of hydrogen-bond acceptors (Lipinski definition) is 2. The van der Waals surface area contributed by atoms with Crippen LogP contribution in [-0.2, 0) is 4.79 Å². The van der Waals surface area contributed by atoms with Crippen molar-refractivity contribution in [3.8, 4) is 5.75 Å².